The maximum absolute atomic E-state index is 13.5. The highest BCUT2D eigenvalue weighted by Crippen LogP contribution is 2.42. The number of rotatable bonds is 38. The number of aliphatic hydroxyl groups excluding tert-OH is 32. The second kappa shape index (κ2) is 52.8. The standard InChI is InChI=1S/C82H137N5O60/c1-18-40(101)52(113)58(119)76(128-18)126-17-34-67(47(108)35(71(124)129-34)83-19(2)96)140-73-37(85-21(4)98)49(110)66(31(14-95)135-73)144-80-62(123)68(145-82-70(56(117)44(105)27(10-91)133-82)147-75-39(87-23(6)100)51(112)65(30(13-94)137-75)143-79-61(122)55(116)43(104)26(9-90)132-79)46(107)33(138-80)16-127-81-69(146-74-38(86-22(5)99)50(111)64(29(12-93)136-74)142-78-60(121)54(115)42(103)25(8-89)131-78)57(118)45(106)32(139-81)15-125-72-36(84-20(3)97)48(109)63(28(11-92)134-72)141-77-59(120)53(114)41(102)24(7-88)130-77/h18,24-82,88-95,101-124H,7-17H2,1-6H3,(H,83,96)(H,84,97)(H,85,98)(H,86,99)(H,87,100)/t18-,24+,25+,26+,27+,28+,29+,30+,31+,32+,33+,34+,35+,36+,37+,38+,39+,40+,41-,42-,43-,44+,45+,46+,47+,48-,49+,50+,51+,52+,53-,54-,55-,56-,57-,58-,59+,60+,61+,62-,63+,64+,65+,66+,67+,68-,69-,70-,71+,72+,73-,74-,75-,76+,77-,78-,79-,80-,81-,82+/m0/s1. The number of amides is 5. The molecular formula is C82H137N5O60. The molecule has 65 nitrogen and oxygen atoms in total. The molecule has 0 aromatic heterocycles. The number of ether oxygens (including phenoxy) is 23. The van der Waals surface area contributed by atoms with E-state index in [1.807, 2.05) is 0 Å². The Morgan fingerprint density at radius 1 is 0.190 bits per heavy atom. The first kappa shape index (κ1) is 121. The lowest BCUT2D eigenvalue weighted by Gasteiger charge is -2.51. The molecular weight excluding hydrogens is 2010 g/mol. The summed E-state index contributed by atoms with van der Waals surface area (Å²) in [5.41, 5.74) is 0. The third-order valence-corrected chi connectivity index (χ3v) is 27.0. The minimum absolute atomic E-state index is 0.883. The van der Waals surface area contributed by atoms with E-state index in [2.05, 4.69) is 26.6 Å². The lowest BCUT2D eigenvalue weighted by molar-refractivity contribution is -0.399. The van der Waals surface area contributed by atoms with E-state index in [4.69, 9.17) is 109 Å². The van der Waals surface area contributed by atoms with Crippen LogP contribution >= 0.6 is 0 Å². The molecule has 12 aliphatic heterocycles. The molecule has 0 spiro atoms. The van der Waals surface area contributed by atoms with E-state index < -0.39 is 470 Å². The summed E-state index contributed by atoms with van der Waals surface area (Å²) in [4.78, 5) is 65.6. The number of aliphatic hydroxyl groups is 32. The topological polar surface area (TPSA) is 1010 Å². The van der Waals surface area contributed by atoms with Crippen LogP contribution in [0.2, 0.25) is 0 Å². The van der Waals surface area contributed by atoms with Crippen LogP contribution in [0.25, 0.3) is 0 Å². The second-order valence-electron chi connectivity index (χ2n) is 37.4. The molecule has 12 rings (SSSR count). The van der Waals surface area contributed by atoms with Gasteiger partial charge in [-0.15, -0.1) is 0 Å². The van der Waals surface area contributed by atoms with Crippen molar-refractivity contribution < 1.29 is 296 Å². The largest absolute Gasteiger partial charge is 0.394 e. The summed E-state index contributed by atoms with van der Waals surface area (Å²) < 4.78 is 138. The van der Waals surface area contributed by atoms with Crippen molar-refractivity contribution in [1.82, 2.24) is 26.6 Å². The first-order chi connectivity index (χ1) is 69.5. The lowest BCUT2D eigenvalue weighted by atomic mass is 9.93. The van der Waals surface area contributed by atoms with Crippen molar-refractivity contribution in [3.8, 4) is 0 Å². The zero-order chi connectivity index (χ0) is 108. The van der Waals surface area contributed by atoms with E-state index >= 15 is 0 Å². The Kier molecular flexibility index (Phi) is 43.4. The van der Waals surface area contributed by atoms with Crippen LogP contribution in [0.4, 0.5) is 0 Å². The van der Waals surface area contributed by atoms with Crippen molar-refractivity contribution >= 4 is 29.5 Å². The molecule has 0 unspecified atom stereocenters. The van der Waals surface area contributed by atoms with Crippen LogP contribution < -0.4 is 26.6 Å². The molecule has 0 aromatic carbocycles. The molecule has 12 aliphatic rings. The molecule has 850 valence electrons. The van der Waals surface area contributed by atoms with Crippen molar-refractivity contribution in [1.29, 1.82) is 0 Å². The average molecular weight is 2150 g/mol. The molecule has 0 aliphatic carbocycles. The number of carbonyl (C=O) groups is 5. The van der Waals surface area contributed by atoms with Gasteiger partial charge in [0, 0.05) is 34.6 Å². The van der Waals surface area contributed by atoms with Crippen molar-refractivity contribution in [3.63, 3.8) is 0 Å². The summed E-state index contributed by atoms with van der Waals surface area (Å²) in [5, 5.41) is 373. The molecule has 147 heavy (non-hydrogen) atoms. The van der Waals surface area contributed by atoms with Gasteiger partial charge in [-0.25, -0.2) is 0 Å². The summed E-state index contributed by atoms with van der Waals surface area (Å²) >= 11 is 0. The second-order valence-corrected chi connectivity index (χ2v) is 37.4. The maximum Gasteiger partial charge on any atom is 0.217 e. The first-order valence-corrected chi connectivity index (χ1v) is 47.0. The summed E-state index contributed by atoms with van der Waals surface area (Å²) in [6.07, 6.45) is -118. The fourth-order valence-electron chi connectivity index (χ4n) is 19.1. The van der Waals surface area contributed by atoms with Crippen LogP contribution in [0, 0.1) is 0 Å². The van der Waals surface area contributed by atoms with E-state index in [1.165, 1.54) is 6.92 Å². The number of nitrogens with one attached hydrogen (secondary N) is 5. The Morgan fingerprint density at radius 3 is 0.789 bits per heavy atom. The molecule has 12 heterocycles. The highest BCUT2D eigenvalue weighted by molar-refractivity contribution is 5.75. The molecule has 0 bridgehead atoms. The zero-order valence-electron chi connectivity index (χ0n) is 79.2. The highest BCUT2D eigenvalue weighted by Gasteiger charge is 2.63. The van der Waals surface area contributed by atoms with Crippen molar-refractivity contribution in [2.24, 2.45) is 0 Å². The van der Waals surface area contributed by atoms with Gasteiger partial charge < -0.3 is 299 Å². The Bertz CT molecular complexity index is 4110. The van der Waals surface area contributed by atoms with Gasteiger partial charge in [0.25, 0.3) is 0 Å². The SMILES string of the molecule is CC(=O)N[C@@H]1[C@@H](O)[C@H](O[C@@H]2O[C@H](CO)[C@@H](O[C@@H]3O[C@H](CO[C@H]4O[C@H](CO[C@@H]5O[C@H](CO)[C@@H](O[C@@H]6O[C@H](CO)[C@H](O)[C@H](O)[C@H]6O)[C@@H](O)[C@H]5NC(C)=O)[C@@H](O)[C@H](O)[C@@H]4O[C@@H]4O[C@H](CO)[C@@H](O[C@@H]5O[C@H](CO)[C@H](O)[C@H](O)[C@H]5O)[C@H](O)[C@H]4NC(C)=O)[C@@H](O)[C@H](O[C@H]4O[C@H](CO)[C@@H](O)[C@H](O)[C@@H]4O[C@@H]4O[C@H](CO)[C@@H](O[C@@H]5O[C@H](CO)[C@H](O)[C@H](O)[C@H]5O)[C@H](O)[C@H]4NC(C)=O)[C@@H]3O)[C@H](O)[C@H]2NC(C)=O)[C@@H](CO[C@@H]2O[C@@H](C)[C@@H](O)[C@@H](O)[C@@H]2O)O[C@H]1O. The van der Waals surface area contributed by atoms with Crippen molar-refractivity contribution in [2.75, 3.05) is 72.7 Å². The Balaban J connectivity index is 0.913. The highest BCUT2D eigenvalue weighted by atomic mass is 16.8. The summed E-state index contributed by atoms with van der Waals surface area (Å²) in [7, 11) is 0. The van der Waals surface area contributed by atoms with Gasteiger partial charge >= 0.3 is 0 Å². The van der Waals surface area contributed by atoms with Crippen molar-refractivity contribution in [2.45, 2.75) is 410 Å². The Labute approximate surface area is 832 Å². The number of hydrogen-bond donors (Lipinski definition) is 37. The number of hydrogen-bond acceptors (Lipinski definition) is 60. The average Bonchev–Trinajstić information content (AvgIpc) is 0.766. The van der Waals surface area contributed by atoms with Gasteiger partial charge in [-0.2, -0.15) is 0 Å². The molecule has 12 fully saturated rings. The maximum atomic E-state index is 13.5. The third kappa shape index (κ3) is 27.0. The van der Waals surface area contributed by atoms with Crippen LogP contribution in [0.15, 0.2) is 0 Å². The normalized spacial score (nSPS) is 49.6. The first-order valence-electron chi connectivity index (χ1n) is 47.0. The fourth-order valence-corrected chi connectivity index (χ4v) is 19.1. The third-order valence-electron chi connectivity index (χ3n) is 27.0. The predicted molar refractivity (Wildman–Crippen MR) is 452 cm³/mol. The lowest BCUT2D eigenvalue weighted by Crippen LogP contribution is -2.71. The van der Waals surface area contributed by atoms with Crippen LogP contribution in [0.3, 0.4) is 0 Å². The minimum atomic E-state index is -2.75. The van der Waals surface area contributed by atoms with E-state index in [0.29, 0.717) is 0 Å². The van der Waals surface area contributed by atoms with Gasteiger partial charge in [0.1, 0.15) is 287 Å². The van der Waals surface area contributed by atoms with Gasteiger partial charge in [-0.05, 0) is 6.92 Å². The molecule has 0 aromatic rings. The van der Waals surface area contributed by atoms with E-state index in [-0.39, 0.29) is 0 Å². The quantitative estimate of drug-likeness (QED) is 0.0273. The van der Waals surface area contributed by atoms with Gasteiger partial charge in [-0.3, -0.25) is 24.0 Å². The molecule has 60 atom stereocenters. The molecule has 5 amide bonds. The molecule has 37 N–H and O–H groups in total. The summed E-state index contributed by atoms with van der Waals surface area (Å²) in [5.74, 6) is -4.95. The fraction of sp³-hybridized carbons (Fsp3) is 0.939. The minimum Gasteiger partial charge on any atom is -0.394 e. The molecule has 0 saturated carbocycles. The Hall–Kier alpha value is -4.85. The molecule has 65 heteroatoms. The predicted octanol–water partition coefficient (Wildman–Crippen LogP) is -25.4. The molecule has 12 saturated heterocycles. The van der Waals surface area contributed by atoms with Gasteiger partial charge in [0.2, 0.25) is 29.5 Å². The van der Waals surface area contributed by atoms with E-state index in [0.717, 1.165) is 34.6 Å². The summed E-state index contributed by atoms with van der Waals surface area (Å²) in [6, 6.07) is -9.96. The summed E-state index contributed by atoms with van der Waals surface area (Å²) in [6.45, 7) is -6.88. The van der Waals surface area contributed by atoms with Crippen molar-refractivity contribution in [3.05, 3.63) is 0 Å². The van der Waals surface area contributed by atoms with Crippen LogP contribution in [0.1, 0.15) is 41.5 Å². The van der Waals surface area contributed by atoms with Crippen LogP contribution in [-0.2, 0) is 133 Å². The number of carbonyl (C=O) groups excluding carboxylic acids is 5. The smallest absolute Gasteiger partial charge is 0.217 e. The van der Waals surface area contributed by atoms with E-state index in [1.54, 1.807) is 0 Å². The van der Waals surface area contributed by atoms with Gasteiger partial charge in [-0.1, -0.05) is 0 Å². The monoisotopic (exact) mass is 2150 g/mol. The van der Waals surface area contributed by atoms with E-state index in [9.17, 15) is 187 Å². The van der Waals surface area contributed by atoms with Gasteiger partial charge in [0.05, 0.1) is 78.8 Å². The van der Waals surface area contributed by atoms with Gasteiger partial charge in [0.15, 0.2) is 75.5 Å². The zero-order valence-corrected chi connectivity index (χ0v) is 79.2. The molecule has 0 radical (unpaired) electrons. The van der Waals surface area contributed by atoms with Crippen LogP contribution in [0.5, 0.6) is 0 Å². The Morgan fingerprint density at radius 2 is 0.422 bits per heavy atom. The van der Waals surface area contributed by atoms with Crippen LogP contribution in [-0.4, -0.2) is 634 Å².